The Bertz CT molecular complexity index is 1120. The van der Waals surface area contributed by atoms with E-state index in [4.69, 9.17) is 0 Å². The maximum absolute atomic E-state index is 13.5. The Kier molecular flexibility index (Phi) is 9.21. The zero-order valence-electron chi connectivity index (χ0n) is 20.6. The summed E-state index contributed by atoms with van der Waals surface area (Å²) in [7, 11) is -3.80. The van der Waals surface area contributed by atoms with E-state index in [0.29, 0.717) is 16.8 Å². The van der Waals surface area contributed by atoms with Crippen molar-refractivity contribution in [2.24, 2.45) is 0 Å². The fraction of sp³-hybridized carbons (Fsp3) is 0.440. The molecule has 0 saturated carbocycles. The van der Waals surface area contributed by atoms with Gasteiger partial charge in [0.15, 0.2) is 0 Å². The number of carbonyl (C=O) groups is 2. The van der Waals surface area contributed by atoms with Crippen molar-refractivity contribution >= 4 is 27.5 Å². The zero-order valence-corrected chi connectivity index (χ0v) is 21.4. The molecule has 0 aromatic heterocycles. The van der Waals surface area contributed by atoms with Crippen molar-refractivity contribution in [3.05, 3.63) is 65.0 Å². The highest BCUT2D eigenvalue weighted by molar-refractivity contribution is 7.92. The summed E-state index contributed by atoms with van der Waals surface area (Å²) in [6.07, 6.45) is 1.77. The molecule has 2 atom stereocenters. The number of aryl methyl sites for hydroxylation is 2. The molecule has 0 aliphatic carbocycles. The van der Waals surface area contributed by atoms with Gasteiger partial charge in [-0.2, -0.15) is 0 Å². The number of nitrogens with one attached hydrogen (secondary N) is 1. The van der Waals surface area contributed by atoms with Gasteiger partial charge in [0.1, 0.15) is 18.4 Å². The molecule has 7 nitrogen and oxygen atoms in total. The molecule has 2 rings (SSSR count). The van der Waals surface area contributed by atoms with Crippen LogP contribution < -0.4 is 9.62 Å². The molecule has 0 heterocycles. The maximum Gasteiger partial charge on any atom is 0.244 e. The molecule has 0 fully saturated rings. The van der Waals surface area contributed by atoms with Gasteiger partial charge in [-0.1, -0.05) is 31.2 Å². The summed E-state index contributed by atoms with van der Waals surface area (Å²) in [5, 5.41) is 2.87. The second-order valence-electron chi connectivity index (χ2n) is 8.70. The molecule has 2 aromatic carbocycles. The molecule has 1 N–H and O–H groups in total. The molecule has 0 bridgehead atoms. The normalized spacial score (nSPS) is 13.1. The Morgan fingerprint density at radius 3 is 2.24 bits per heavy atom. The lowest BCUT2D eigenvalue weighted by molar-refractivity contribution is -0.139. The Balaban J connectivity index is 2.42. The van der Waals surface area contributed by atoms with Gasteiger partial charge in [-0.3, -0.25) is 13.9 Å². The third kappa shape index (κ3) is 7.28. The van der Waals surface area contributed by atoms with Crippen LogP contribution in [0.25, 0.3) is 0 Å². The number of hydrogen-bond donors (Lipinski definition) is 1. The van der Waals surface area contributed by atoms with E-state index in [0.717, 1.165) is 22.5 Å². The third-order valence-corrected chi connectivity index (χ3v) is 6.87. The van der Waals surface area contributed by atoms with Crippen LogP contribution in [0.5, 0.6) is 0 Å². The van der Waals surface area contributed by atoms with Crippen LogP contribution in [0.1, 0.15) is 43.9 Å². The van der Waals surface area contributed by atoms with E-state index in [-0.39, 0.29) is 18.5 Å². The van der Waals surface area contributed by atoms with Crippen molar-refractivity contribution in [1.82, 2.24) is 10.2 Å². The predicted molar refractivity (Wildman–Crippen MR) is 132 cm³/mol. The highest BCUT2D eigenvalue weighted by atomic mass is 32.2. The average Bonchev–Trinajstić information content (AvgIpc) is 2.77. The molecule has 2 aromatic rings. The van der Waals surface area contributed by atoms with E-state index in [2.05, 4.69) is 5.32 Å². The number of halogens is 1. The molecule has 2 unspecified atom stereocenters. The largest absolute Gasteiger partial charge is 0.352 e. The molecule has 0 aliphatic rings. The minimum Gasteiger partial charge on any atom is -0.352 e. The van der Waals surface area contributed by atoms with Crippen molar-refractivity contribution in [3.63, 3.8) is 0 Å². The maximum atomic E-state index is 13.5. The minimum atomic E-state index is -3.80. The molecule has 0 saturated heterocycles. The Labute approximate surface area is 202 Å². The first-order valence-corrected chi connectivity index (χ1v) is 13.1. The summed E-state index contributed by atoms with van der Waals surface area (Å²) in [6, 6.07) is 10.1. The van der Waals surface area contributed by atoms with Gasteiger partial charge in [0.05, 0.1) is 11.9 Å². The fourth-order valence-electron chi connectivity index (χ4n) is 3.42. The molecule has 0 spiro atoms. The number of carbonyl (C=O) groups excluding carboxylic acids is 2. The third-order valence-electron chi connectivity index (χ3n) is 5.75. The molecular weight excluding hydrogens is 457 g/mol. The van der Waals surface area contributed by atoms with Crippen LogP contribution in [0.4, 0.5) is 10.1 Å². The molecule has 34 heavy (non-hydrogen) atoms. The lowest BCUT2D eigenvalue weighted by Crippen LogP contribution is -2.52. The Morgan fingerprint density at radius 2 is 1.68 bits per heavy atom. The second-order valence-corrected chi connectivity index (χ2v) is 10.6. The Morgan fingerprint density at radius 1 is 1.06 bits per heavy atom. The first kappa shape index (κ1) is 27.3. The SMILES string of the molecule is CCC(C)NC(=O)C(C)N(Cc1ccc(F)cc1)C(=O)CN(c1cc(C)ccc1C)S(C)(=O)=O. The number of sulfonamides is 1. The summed E-state index contributed by atoms with van der Waals surface area (Å²) in [6.45, 7) is 8.57. The quantitative estimate of drug-likeness (QED) is 0.551. The first-order valence-electron chi connectivity index (χ1n) is 11.2. The van der Waals surface area contributed by atoms with Crippen LogP contribution in [0, 0.1) is 19.7 Å². The van der Waals surface area contributed by atoms with E-state index >= 15 is 0 Å². The summed E-state index contributed by atoms with van der Waals surface area (Å²) in [4.78, 5) is 27.7. The monoisotopic (exact) mass is 491 g/mol. The van der Waals surface area contributed by atoms with Gasteiger partial charge >= 0.3 is 0 Å². The van der Waals surface area contributed by atoms with Crippen LogP contribution in [0.15, 0.2) is 42.5 Å². The second kappa shape index (κ2) is 11.5. The van der Waals surface area contributed by atoms with E-state index in [1.807, 2.05) is 26.8 Å². The molecule has 0 aliphatic heterocycles. The number of nitrogens with zero attached hydrogens (tertiary/aromatic N) is 2. The van der Waals surface area contributed by atoms with Gasteiger partial charge in [0, 0.05) is 12.6 Å². The minimum absolute atomic E-state index is 0.0264. The number of anilines is 1. The Hall–Kier alpha value is -2.94. The van der Waals surface area contributed by atoms with Crippen LogP contribution >= 0.6 is 0 Å². The van der Waals surface area contributed by atoms with Gasteiger partial charge in [0.25, 0.3) is 0 Å². The lowest BCUT2D eigenvalue weighted by Gasteiger charge is -2.32. The number of benzene rings is 2. The molecule has 186 valence electrons. The summed E-state index contributed by atoms with van der Waals surface area (Å²) in [5.41, 5.74) is 2.59. The van der Waals surface area contributed by atoms with Crippen molar-refractivity contribution in [2.45, 2.75) is 59.7 Å². The standard InChI is InChI=1S/C25H34FN3O4S/c1-7-19(4)27-25(31)20(5)28(15-21-10-12-22(26)13-11-21)24(30)16-29(34(6,32)33)23-14-17(2)8-9-18(23)3/h8-14,19-20H,7,15-16H2,1-6H3,(H,27,31). The molecule has 9 heteroatoms. The molecular formula is C25H34FN3O4S. The van der Waals surface area contributed by atoms with Gasteiger partial charge in [-0.25, -0.2) is 12.8 Å². The van der Waals surface area contributed by atoms with E-state index in [1.165, 1.54) is 29.2 Å². The van der Waals surface area contributed by atoms with E-state index in [1.54, 1.807) is 26.0 Å². The topological polar surface area (TPSA) is 86.8 Å². The van der Waals surface area contributed by atoms with Gasteiger partial charge in [-0.05, 0) is 69.0 Å². The van der Waals surface area contributed by atoms with E-state index < -0.39 is 34.3 Å². The van der Waals surface area contributed by atoms with Crippen LogP contribution in [0.2, 0.25) is 0 Å². The van der Waals surface area contributed by atoms with Crippen LogP contribution in [0.3, 0.4) is 0 Å². The van der Waals surface area contributed by atoms with Gasteiger partial charge in [0.2, 0.25) is 21.8 Å². The van der Waals surface area contributed by atoms with Crippen molar-refractivity contribution < 1.29 is 22.4 Å². The van der Waals surface area contributed by atoms with Gasteiger partial charge in [-0.15, -0.1) is 0 Å². The van der Waals surface area contributed by atoms with Gasteiger partial charge < -0.3 is 10.2 Å². The number of amides is 2. The molecule has 0 radical (unpaired) electrons. The predicted octanol–water partition coefficient (Wildman–Crippen LogP) is 3.54. The smallest absolute Gasteiger partial charge is 0.244 e. The number of hydrogen-bond acceptors (Lipinski definition) is 4. The number of rotatable bonds is 10. The summed E-state index contributed by atoms with van der Waals surface area (Å²) >= 11 is 0. The van der Waals surface area contributed by atoms with Crippen molar-refractivity contribution in [2.75, 3.05) is 17.1 Å². The highest BCUT2D eigenvalue weighted by Crippen LogP contribution is 2.24. The zero-order chi connectivity index (χ0) is 25.6. The molecule has 2 amide bonds. The van der Waals surface area contributed by atoms with Crippen molar-refractivity contribution in [3.8, 4) is 0 Å². The first-order chi connectivity index (χ1) is 15.8. The average molecular weight is 492 g/mol. The van der Waals surface area contributed by atoms with Crippen LogP contribution in [-0.4, -0.2) is 50.0 Å². The lowest BCUT2D eigenvalue weighted by atomic mass is 10.1. The summed E-state index contributed by atoms with van der Waals surface area (Å²) in [5.74, 6) is -1.30. The fourth-order valence-corrected chi connectivity index (χ4v) is 4.32. The van der Waals surface area contributed by atoms with E-state index in [9.17, 15) is 22.4 Å². The van der Waals surface area contributed by atoms with Crippen molar-refractivity contribution in [1.29, 1.82) is 0 Å². The highest BCUT2D eigenvalue weighted by Gasteiger charge is 2.31. The summed E-state index contributed by atoms with van der Waals surface area (Å²) < 4.78 is 39.8. The van der Waals surface area contributed by atoms with Crippen LogP contribution in [-0.2, 0) is 26.2 Å².